The molecule has 30 heavy (non-hydrogen) atoms. The second-order valence-corrected chi connectivity index (χ2v) is 9.46. The van der Waals surface area contributed by atoms with Gasteiger partial charge in [-0.3, -0.25) is 14.5 Å². The lowest BCUT2D eigenvalue weighted by molar-refractivity contribution is -0.136. The minimum atomic E-state index is -0.319. The maximum Gasteiger partial charge on any atom is 0.258 e. The number of likely N-dealkylation sites (tertiary alicyclic amines) is 1. The van der Waals surface area contributed by atoms with Crippen molar-refractivity contribution in [1.29, 1.82) is 0 Å². The van der Waals surface area contributed by atoms with Gasteiger partial charge in [-0.15, -0.1) is 0 Å². The number of amides is 1. The van der Waals surface area contributed by atoms with Gasteiger partial charge < -0.3 is 14.6 Å². The molecule has 0 radical (unpaired) electrons. The Morgan fingerprint density at radius 2 is 1.97 bits per heavy atom. The van der Waals surface area contributed by atoms with Crippen molar-refractivity contribution in [2.45, 2.75) is 57.7 Å². The van der Waals surface area contributed by atoms with Crippen LogP contribution in [0, 0.1) is 17.8 Å². The number of likely N-dealkylation sites (N-methyl/N-ethyl adjacent to an activating group) is 1. The molecule has 1 amide bonds. The molecular weight excluding hydrogens is 378 g/mol. The van der Waals surface area contributed by atoms with Gasteiger partial charge in [-0.1, -0.05) is 31.4 Å². The van der Waals surface area contributed by atoms with E-state index in [0.29, 0.717) is 18.0 Å². The minimum Gasteiger partial charge on any atom is -0.396 e. The second kappa shape index (κ2) is 8.67. The van der Waals surface area contributed by atoms with Crippen LogP contribution >= 0.6 is 0 Å². The van der Waals surface area contributed by atoms with Crippen molar-refractivity contribution in [2.24, 2.45) is 17.8 Å². The second-order valence-electron chi connectivity index (χ2n) is 9.46. The Hall–Kier alpha value is -1.92. The van der Waals surface area contributed by atoms with Crippen LogP contribution in [0.3, 0.4) is 0 Å². The molecule has 3 aliphatic rings. The number of fused-ring (bicyclic) bond motifs is 3. The monoisotopic (exact) mass is 413 g/mol. The van der Waals surface area contributed by atoms with Crippen molar-refractivity contribution in [3.63, 3.8) is 0 Å². The van der Waals surface area contributed by atoms with E-state index in [1.54, 1.807) is 19.0 Å². The number of aliphatic hydroxyl groups excluding tert-OH is 1. The highest BCUT2D eigenvalue weighted by Gasteiger charge is 2.56. The lowest BCUT2D eigenvalue weighted by Gasteiger charge is -2.36. The Balaban J connectivity index is 1.75. The molecule has 3 heterocycles. The van der Waals surface area contributed by atoms with Gasteiger partial charge in [0.25, 0.3) is 5.56 Å². The summed E-state index contributed by atoms with van der Waals surface area (Å²) in [5.41, 5.74) is 1.73. The Kier molecular flexibility index (Phi) is 6.16. The van der Waals surface area contributed by atoms with Crippen molar-refractivity contribution in [1.82, 2.24) is 14.4 Å². The first kappa shape index (κ1) is 21.3. The van der Waals surface area contributed by atoms with E-state index in [0.717, 1.165) is 12.2 Å². The van der Waals surface area contributed by atoms with E-state index >= 15 is 0 Å². The Morgan fingerprint density at radius 1 is 1.23 bits per heavy atom. The van der Waals surface area contributed by atoms with Crippen LogP contribution in [-0.2, 0) is 11.3 Å². The van der Waals surface area contributed by atoms with Crippen LogP contribution in [0.5, 0.6) is 0 Å². The number of aliphatic hydroxyl groups is 1. The molecule has 1 N–H and O–H groups in total. The summed E-state index contributed by atoms with van der Waals surface area (Å²) in [6, 6.07) is 3.67. The van der Waals surface area contributed by atoms with Crippen molar-refractivity contribution in [2.75, 3.05) is 27.2 Å². The van der Waals surface area contributed by atoms with Gasteiger partial charge in [0.1, 0.15) is 0 Å². The van der Waals surface area contributed by atoms with Gasteiger partial charge in [0, 0.05) is 56.9 Å². The van der Waals surface area contributed by atoms with E-state index in [2.05, 4.69) is 11.0 Å². The van der Waals surface area contributed by atoms with Gasteiger partial charge >= 0.3 is 0 Å². The Labute approximate surface area is 179 Å². The Bertz CT molecular complexity index is 869. The quantitative estimate of drug-likeness (QED) is 0.806. The van der Waals surface area contributed by atoms with Crippen molar-refractivity contribution in [3.8, 4) is 0 Å². The maximum absolute atomic E-state index is 13.2. The van der Waals surface area contributed by atoms with Crippen LogP contribution in [0.25, 0.3) is 6.08 Å². The first-order valence-electron chi connectivity index (χ1n) is 11.4. The Morgan fingerprint density at radius 3 is 2.60 bits per heavy atom. The van der Waals surface area contributed by atoms with Gasteiger partial charge in [-0.05, 0) is 37.8 Å². The first-order chi connectivity index (χ1) is 14.5. The molecule has 1 aromatic rings. The van der Waals surface area contributed by atoms with Gasteiger partial charge in [-0.2, -0.15) is 0 Å². The fourth-order valence-electron chi connectivity index (χ4n) is 6.05. The van der Waals surface area contributed by atoms with Gasteiger partial charge in [0.15, 0.2) is 0 Å². The van der Waals surface area contributed by atoms with Gasteiger partial charge in [0.2, 0.25) is 5.91 Å². The summed E-state index contributed by atoms with van der Waals surface area (Å²) in [7, 11) is 3.59. The summed E-state index contributed by atoms with van der Waals surface area (Å²) < 4.78 is 1.89. The third-order valence-electron chi connectivity index (χ3n) is 7.45. The average Bonchev–Trinajstić information content (AvgIpc) is 3.26. The third kappa shape index (κ3) is 3.54. The fourth-order valence-corrected chi connectivity index (χ4v) is 6.05. The number of allylic oxidation sites excluding steroid dienone is 1. The molecule has 1 saturated carbocycles. The molecule has 0 spiro atoms. The van der Waals surface area contributed by atoms with E-state index in [4.69, 9.17) is 0 Å². The summed E-state index contributed by atoms with van der Waals surface area (Å²) in [6.45, 7) is 3.33. The highest BCUT2D eigenvalue weighted by atomic mass is 16.3. The number of hydrogen-bond donors (Lipinski definition) is 1. The highest BCUT2D eigenvalue weighted by molar-refractivity contribution is 5.82. The summed E-state index contributed by atoms with van der Waals surface area (Å²) in [5, 5.41) is 10.3. The highest BCUT2D eigenvalue weighted by Crippen LogP contribution is 2.50. The molecular formula is C24H35N3O3. The molecule has 6 nitrogen and oxygen atoms in total. The molecule has 6 heteroatoms. The third-order valence-corrected chi connectivity index (χ3v) is 7.45. The van der Waals surface area contributed by atoms with Crippen LogP contribution in [0.4, 0.5) is 0 Å². The zero-order valence-electron chi connectivity index (χ0n) is 18.5. The summed E-state index contributed by atoms with van der Waals surface area (Å²) in [5.74, 6) is 0.579. The number of hydrogen-bond acceptors (Lipinski definition) is 4. The number of carbonyl (C=O) groups excluding carboxylic acids is 1. The average molecular weight is 414 g/mol. The van der Waals surface area contributed by atoms with Crippen molar-refractivity contribution < 1.29 is 9.90 Å². The van der Waals surface area contributed by atoms with Gasteiger partial charge in [0.05, 0.1) is 12.1 Å². The molecule has 1 aliphatic carbocycles. The van der Waals surface area contributed by atoms with Crippen LogP contribution in [0.1, 0.15) is 56.3 Å². The largest absolute Gasteiger partial charge is 0.396 e. The number of aromatic nitrogens is 1. The van der Waals surface area contributed by atoms with Crippen LogP contribution in [0.15, 0.2) is 23.0 Å². The smallest absolute Gasteiger partial charge is 0.258 e. The van der Waals surface area contributed by atoms with E-state index in [1.165, 1.54) is 32.1 Å². The zero-order valence-corrected chi connectivity index (χ0v) is 18.5. The normalized spacial score (nSPS) is 29.3. The molecule has 0 unspecified atom stereocenters. The predicted octanol–water partition coefficient (Wildman–Crippen LogP) is 2.51. The lowest BCUT2D eigenvalue weighted by atomic mass is 9.88. The standard InChI is InChI=1S/C24H35N3O3/c1-4-8-17-11-12-20-21-18(14-26(20)23(17)29)19(15-28)22(24(30)25(2)3)27(21)13-16-9-6-5-7-10-16/h4,8,11-12,16,18-19,21-22,28H,5-7,9-10,13-15H2,1-3H3/b8-4-/t18-,19-,21+,22-/m1/s1. The van der Waals surface area contributed by atoms with Crippen molar-refractivity contribution in [3.05, 3.63) is 39.8 Å². The molecule has 4 rings (SSSR count). The van der Waals surface area contributed by atoms with Crippen LogP contribution in [0.2, 0.25) is 0 Å². The number of rotatable bonds is 5. The molecule has 4 atom stereocenters. The molecule has 164 valence electrons. The fraction of sp³-hybridized carbons (Fsp3) is 0.667. The molecule has 2 aliphatic heterocycles. The van der Waals surface area contributed by atoms with E-state index in [9.17, 15) is 14.7 Å². The topological polar surface area (TPSA) is 65.8 Å². The first-order valence-corrected chi connectivity index (χ1v) is 11.4. The number of nitrogens with zero attached hydrogens (tertiary/aromatic N) is 3. The summed E-state index contributed by atoms with van der Waals surface area (Å²) in [4.78, 5) is 30.3. The van der Waals surface area contributed by atoms with Gasteiger partial charge in [-0.25, -0.2) is 0 Å². The molecule has 0 bridgehead atoms. The molecule has 1 saturated heterocycles. The molecule has 1 aromatic heterocycles. The summed E-state index contributed by atoms with van der Waals surface area (Å²) in [6.07, 6.45) is 9.95. The molecule has 0 aromatic carbocycles. The maximum atomic E-state index is 13.2. The van der Waals surface area contributed by atoms with E-state index in [-0.39, 0.29) is 42.0 Å². The number of pyridine rings is 1. The van der Waals surface area contributed by atoms with Crippen LogP contribution < -0.4 is 5.56 Å². The van der Waals surface area contributed by atoms with E-state index < -0.39 is 0 Å². The van der Waals surface area contributed by atoms with Crippen LogP contribution in [-0.4, -0.2) is 58.7 Å². The zero-order chi connectivity index (χ0) is 21.4. The van der Waals surface area contributed by atoms with E-state index in [1.807, 2.05) is 29.7 Å². The number of carbonyl (C=O) groups is 1. The lowest BCUT2D eigenvalue weighted by Crippen LogP contribution is -2.49. The predicted molar refractivity (Wildman–Crippen MR) is 118 cm³/mol. The van der Waals surface area contributed by atoms with Crippen molar-refractivity contribution >= 4 is 12.0 Å². The summed E-state index contributed by atoms with van der Waals surface area (Å²) >= 11 is 0. The molecule has 2 fully saturated rings. The minimum absolute atomic E-state index is 0.0188. The SMILES string of the molecule is C/C=C\c1ccc2n(c1=O)C[C@@H]1[C@@H](CO)[C@H](C(=O)N(C)C)N(CC3CCCCC3)[C@H]21.